The molecule has 1 aliphatic carbocycles. The smallest absolute Gasteiger partial charge is 0.246 e. The van der Waals surface area contributed by atoms with Crippen LogP contribution in [0.4, 0.5) is 5.69 Å². The van der Waals surface area contributed by atoms with E-state index in [1.165, 1.54) is 7.11 Å². The van der Waals surface area contributed by atoms with Gasteiger partial charge in [0, 0.05) is 11.5 Å². The molecule has 1 amide bonds. The second kappa shape index (κ2) is 7.73. The molecule has 1 aliphatic rings. The van der Waals surface area contributed by atoms with Gasteiger partial charge in [0.15, 0.2) is 11.2 Å². The summed E-state index contributed by atoms with van der Waals surface area (Å²) in [6, 6.07) is 27.3. The quantitative estimate of drug-likeness (QED) is 0.590. The highest BCUT2D eigenvalue weighted by molar-refractivity contribution is 6.14. The van der Waals surface area contributed by atoms with Crippen LogP contribution in [0.1, 0.15) is 28.8 Å². The van der Waals surface area contributed by atoms with Crippen LogP contribution in [0.2, 0.25) is 0 Å². The molecule has 0 aliphatic heterocycles. The first-order valence-corrected chi connectivity index (χ1v) is 10.0. The summed E-state index contributed by atoms with van der Waals surface area (Å²) in [4.78, 5) is 27.2. The molecule has 0 radical (unpaired) electrons. The summed E-state index contributed by atoms with van der Waals surface area (Å²) in [6.07, 6.45) is 0. The molecule has 0 spiro atoms. The van der Waals surface area contributed by atoms with E-state index in [9.17, 15) is 14.9 Å². The molecule has 3 aromatic rings. The number of anilines is 1. The molecule has 3 aromatic carbocycles. The van der Waals surface area contributed by atoms with Crippen LogP contribution in [-0.4, -0.2) is 18.8 Å². The molecule has 0 saturated heterocycles. The molecular weight excluding hydrogens is 388 g/mol. The Morgan fingerprint density at radius 2 is 1.52 bits per heavy atom. The van der Waals surface area contributed by atoms with Gasteiger partial charge in [-0.15, -0.1) is 0 Å². The van der Waals surface area contributed by atoms with E-state index in [2.05, 4.69) is 11.4 Å². The molecule has 1 saturated carbocycles. The average Bonchev–Trinajstić information content (AvgIpc) is 3.41. The van der Waals surface area contributed by atoms with E-state index in [-0.39, 0.29) is 5.78 Å². The van der Waals surface area contributed by atoms with Gasteiger partial charge in [0.2, 0.25) is 5.91 Å². The zero-order valence-electron chi connectivity index (χ0n) is 17.3. The van der Waals surface area contributed by atoms with Gasteiger partial charge in [-0.2, -0.15) is 5.26 Å². The monoisotopic (exact) mass is 410 g/mol. The summed E-state index contributed by atoms with van der Waals surface area (Å²) in [5.41, 5.74) is -1.05. The van der Waals surface area contributed by atoms with E-state index in [4.69, 9.17) is 4.74 Å². The molecule has 5 nitrogen and oxygen atoms in total. The summed E-state index contributed by atoms with van der Waals surface area (Å²) < 4.78 is 5.33. The number of ketones is 1. The Kier molecular flexibility index (Phi) is 5.08. The first-order valence-electron chi connectivity index (χ1n) is 10.0. The van der Waals surface area contributed by atoms with Crippen molar-refractivity contribution in [3.05, 3.63) is 96.1 Å². The number of hydrogen-bond acceptors (Lipinski definition) is 4. The molecule has 0 unspecified atom stereocenters. The van der Waals surface area contributed by atoms with Crippen LogP contribution in [-0.2, 0) is 4.79 Å². The standard InChI is InChI=1S/C26H22N2O3/c1-25(23(29)19-13-7-4-8-14-19)22(18-11-5-3-6-12-18)26(25,17-27)24(30)28-20-15-9-10-16-21(20)31-2/h3-16,22H,1-2H3,(H,28,30)/t22-,25-,26+/m1/s1. The van der Waals surface area contributed by atoms with Gasteiger partial charge in [-0.1, -0.05) is 72.8 Å². The number of nitrogens with zero attached hydrogens (tertiary/aromatic N) is 1. The maximum Gasteiger partial charge on any atom is 0.246 e. The largest absolute Gasteiger partial charge is 0.495 e. The van der Waals surface area contributed by atoms with Crippen molar-refractivity contribution in [1.82, 2.24) is 0 Å². The van der Waals surface area contributed by atoms with Gasteiger partial charge >= 0.3 is 0 Å². The van der Waals surface area contributed by atoms with Crippen molar-refractivity contribution in [3.63, 3.8) is 0 Å². The van der Waals surface area contributed by atoms with Crippen molar-refractivity contribution in [2.75, 3.05) is 12.4 Å². The lowest BCUT2D eigenvalue weighted by atomic mass is 9.87. The molecule has 0 heterocycles. The minimum Gasteiger partial charge on any atom is -0.495 e. The Balaban J connectivity index is 1.80. The number of Topliss-reactive ketones (excluding diaryl/α,β-unsaturated/α-hetero) is 1. The fourth-order valence-electron chi connectivity index (χ4n) is 4.61. The predicted molar refractivity (Wildman–Crippen MR) is 118 cm³/mol. The van der Waals surface area contributed by atoms with Crippen molar-refractivity contribution < 1.29 is 14.3 Å². The van der Waals surface area contributed by atoms with Crippen LogP contribution < -0.4 is 10.1 Å². The number of hydrogen-bond donors (Lipinski definition) is 1. The summed E-state index contributed by atoms with van der Waals surface area (Å²) in [5.74, 6) is -0.829. The lowest BCUT2D eigenvalue weighted by molar-refractivity contribution is -0.120. The number of ether oxygens (including phenoxy) is 1. The highest BCUT2D eigenvalue weighted by Gasteiger charge is 2.82. The zero-order chi connectivity index (χ0) is 22.1. The average molecular weight is 410 g/mol. The highest BCUT2D eigenvalue weighted by atomic mass is 16.5. The molecular formula is C26H22N2O3. The van der Waals surface area contributed by atoms with E-state index in [1.807, 2.05) is 36.4 Å². The van der Waals surface area contributed by atoms with Gasteiger partial charge in [-0.3, -0.25) is 9.59 Å². The van der Waals surface area contributed by atoms with Crippen LogP contribution in [0, 0.1) is 22.2 Å². The minimum atomic E-state index is -1.55. The van der Waals surface area contributed by atoms with Gasteiger partial charge < -0.3 is 10.1 Å². The fraction of sp³-hybridized carbons (Fsp3) is 0.192. The van der Waals surface area contributed by atoms with Crippen molar-refractivity contribution in [2.24, 2.45) is 10.8 Å². The van der Waals surface area contributed by atoms with Crippen LogP contribution in [0.25, 0.3) is 0 Å². The van der Waals surface area contributed by atoms with Crippen LogP contribution in [0.15, 0.2) is 84.9 Å². The van der Waals surface area contributed by atoms with Crippen LogP contribution >= 0.6 is 0 Å². The normalized spacial score (nSPS) is 24.0. The number of rotatable bonds is 6. The molecule has 0 bridgehead atoms. The lowest BCUT2D eigenvalue weighted by Gasteiger charge is -2.16. The molecule has 0 aromatic heterocycles. The topological polar surface area (TPSA) is 79.2 Å². The maximum atomic E-state index is 13.6. The van der Waals surface area contributed by atoms with Crippen LogP contribution in [0.3, 0.4) is 0 Å². The van der Waals surface area contributed by atoms with Crippen LogP contribution in [0.5, 0.6) is 5.75 Å². The van der Waals surface area contributed by atoms with Crippen molar-refractivity contribution in [1.29, 1.82) is 5.26 Å². The summed E-state index contributed by atoms with van der Waals surface area (Å²) in [7, 11) is 1.51. The SMILES string of the molecule is COc1ccccc1NC(=O)[C@]1(C#N)[C@H](c2ccccc2)[C@]1(C)C(=O)c1ccccc1. The Labute approximate surface area is 181 Å². The number of nitrogens with one attached hydrogen (secondary N) is 1. The molecule has 154 valence electrons. The third kappa shape index (κ3) is 3.00. The number of para-hydroxylation sites is 2. The first-order chi connectivity index (χ1) is 15.0. The number of methoxy groups -OCH3 is 1. The van der Waals surface area contributed by atoms with Gasteiger partial charge in [0.1, 0.15) is 5.75 Å². The maximum absolute atomic E-state index is 13.6. The third-order valence-corrected chi connectivity index (χ3v) is 6.28. The Morgan fingerprint density at radius 3 is 2.13 bits per heavy atom. The second-order valence-electron chi connectivity index (χ2n) is 7.82. The number of benzene rings is 3. The number of carbonyl (C=O) groups is 2. The molecule has 31 heavy (non-hydrogen) atoms. The van der Waals surface area contributed by atoms with Gasteiger partial charge in [0.05, 0.1) is 24.3 Å². The summed E-state index contributed by atoms with van der Waals surface area (Å²) in [6.45, 7) is 1.71. The third-order valence-electron chi connectivity index (χ3n) is 6.28. The van der Waals surface area contributed by atoms with E-state index >= 15 is 0 Å². The molecule has 5 heteroatoms. The van der Waals surface area contributed by atoms with E-state index in [0.29, 0.717) is 17.0 Å². The van der Waals surface area contributed by atoms with Gasteiger partial charge in [0.25, 0.3) is 0 Å². The zero-order valence-corrected chi connectivity index (χ0v) is 17.3. The second-order valence-corrected chi connectivity index (χ2v) is 7.82. The van der Waals surface area contributed by atoms with Gasteiger partial charge in [-0.25, -0.2) is 0 Å². The Morgan fingerprint density at radius 1 is 0.935 bits per heavy atom. The minimum absolute atomic E-state index is 0.223. The highest BCUT2D eigenvalue weighted by Crippen LogP contribution is 2.75. The molecule has 1 fully saturated rings. The van der Waals surface area contributed by atoms with E-state index < -0.39 is 22.7 Å². The van der Waals surface area contributed by atoms with Crippen molar-refractivity contribution in [3.8, 4) is 11.8 Å². The number of amides is 1. The Hall–Kier alpha value is -3.91. The first kappa shape index (κ1) is 20.4. The van der Waals surface area contributed by atoms with Crippen molar-refractivity contribution in [2.45, 2.75) is 12.8 Å². The predicted octanol–water partition coefficient (Wildman–Crippen LogP) is 4.83. The molecule has 4 rings (SSSR count). The van der Waals surface area contributed by atoms with E-state index in [0.717, 1.165) is 5.56 Å². The Bertz CT molecular complexity index is 1170. The molecule has 1 N–H and O–H groups in total. The summed E-state index contributed by atoms with van der Waals surface area (Å²) in [5, 5.41) is 13.1. The fourth-order valence-corrected chi connectivity index (χ4v) is 4.61. The number of carbonyl (C=O) groups excluding carboxylic acids is 2. The number of nitriles is 1. The molecule has 3 atom stereocenters. The summed E-state index contributed by atoms with van der Waals surface area (Å²) >= 11 is 0. The van der Waals surface area contributed by atoms with Crippen molar-refractivity contribution >= 4 is 17.4 Å². The van der Waals surface area contributed by atoms with E-state index in [1.54, 1.807) is 55.5 Å². The lowest BCUT2D eigenvalue weighted by Crippen LogP contribution is -2.31. The van der Waals surface area contributed by atoms with Gasteiger partial charge in [-0.05, 0) is 24.6 Å².